The second-order valence-corrected chi connectivity index (χ2v) is 23.6. The molecule has 1 aliphatic heterocycles. The summed E-state index contributed by atoms with van der Waals surface area (Å²) in [4.78, 5) is 10.9. The van der Waals surface area contributed by atoms with Crippen molar-refractivity contribution in [2.45, 2.75) is 148 Å². The van der Waals surface area contributed by atoms with Gasteiger partial charge in [0.25, 0.3) is 0 Å². The first-order valence-corrected chi connectivity index (χ1v) is 19.1. The van der Waals surface area contributed by atoms with E-state index >= 15 is 0 Å². The number of carbonyl (C=O) groups is 1. The van der Waals surface area contributed by atoms with Gasteiger partial charge in [-0.15, -0.1) is 12.8 Å². The molecule has 8 heteroatoms. The molecule has 1 unspecified atom stereocenters. The molecule has 1 heterocycles. The van der Waals surface area contributed by atoms with Crippen molar-refractivity contribution in [2.75, 3.05) is 13.2 Å². The van der Waals surface area contributed by atoms with Gasteiger partial charge in [0.05, 0.1) is 13.2 Å². The molecule has 0 radical (unpaired) electrons. The average molecular weight is 595 g/mol. The maximum Gasteiger partial charge on any atom is 0.304 e. The van der Waals surface area contributed by atoms with Crippen LogP contribution in [0.4, 0.5) is 0 Å². The van der Waals surface area contributed by atoms with Crippen LogP contribution in [0.25, 0.3) is 0 Å². The molecular weight excluding hydrogens is 537 g/mol. The lowest BCUT2D eigenvalue weighted by Crippen LogP contribution is -2.48. The van der Waals surface area contributed by atoms with Gasteiger partial charge in [-0.3, -0.25) is 4.79 Å². The third-order valence-corrected chi connectivity index (χ3v) is 20.4. The zero-order valence-electron chi connectivity index (χ0n) is 27.5. The SMILES string of the molecule is C#C[C@@H](/C=C/CO[Si](C(C)C)(C(C)C)C(C)C)OC(C)=O.C#C[C@H](O)C1O[C@H]1CO[Si](C(C)C)(C(C)C)C(C)C. The Morgan fingerprint density at radius 1 is 0.825 bits per heavy atom. The molecule has 1 aliphatic rings. The summed E-state index contributed by atoms with van der Waals surface area (Å²) in [6, 6.07) is 0. The van der Waals surface area contributed by atoms with E-state index in [1.165, 1.54) is 6.92 Å². The highest BCUT2D eigenvalue weighted by Crippen LogP contribution is 2.43. The molecule has 1 saturated heterocycles. The zero-order valence-corrected chi connectivity index (χ0v) is 29.5. The molecule has 230 valence electrons. The van der Waals surface area contributed by atoms with Gasteiger partial charge in [0.15, 0.2) is 14.4 Å². The highest BCUT2D eigenvalue weighted by Gasteiger charge is 2.49. The Bertz CT molecular complexity index is 822. The smallest absolute Gasteiger partial charge is 0.304 e. The summed E-state index contributed by atoms with van der Waals surface area (Å²) in [7, 11) is -3.69. The van der Waals surface area contributed by atoms with Crippen molar-refractivity contribution in [3.63, 3.8) is 0 Å². The summed E-state index contributed by atoms with van der Waals surface area (Å²) < 4.78 is 23.1. The number of hydrogen-bond acceptors (Lipinski definition) is 6. The van der Waals surface area contributed by atoms with E-state index in [2.05, 4.69) is 94.9 Å². The van der Waals surface area contributed by atoms with Gasteiger partial charge in [0.2, 0.25) is 8.32 Å². The first kappa shape index (κ1) is 38.6. The van der Waals surface area contributed by atoms with E-state index in [0.717, 1.165) is 0 Å². The molecule has 0 aromatic heterocycles. The van der Waals surface area contributed by atoms with Crippen molar-refractivity contribution in [1.29, 1.82) is 0 Å². The number of epoxide rings is 1. The minimum Gasteiger partial charge on any atom is -0.445 e. The van der Waals surface area contributed by atoms with Crippen LogP contribution in [0.15, 0.2) is 12.2 Å². The van der Waals surface area contributed by atoms with E-state index in [4.69, 9.17) is 31.2 Å². The molecule has 0 aliphatic carbocycles. The topological polar surface area (TPSA) is 77.5 Å². The van der Waals surface area contributed by atoms with Crippen LogP contribution in [-0.4, -0.2) is 65.3 Å². The Morgan fingerprint density at radius 2 is 1.25 bits per heavy atom. The number of aliphatic hydroxyl groups excluding tert-OH is 1. The van der Waals surface area contributed by atoms with Crippen LogP contribution in [-0.2, 0) is 23.1 Å². The largest absolute Gasteiger partial charge is 0.445 e. The second-order valence-electron chi connectivity index (χ2n) is 12.6. The summed E-state index contributed by atoms with van der Waals surface area (Å²) in [5.74, 6) is 4.36. The fourth-order valence-corrected chi connectivity index (χ4v) is 17.4. The lowest BCUT2D eigenvalue weighted by atomic mass is 10.2. The van der Waals surface area contributed by atoms with Gasteiger partial charge in [-0.2, -0.15) is 0 Å². The maximum atomic E-state index is 10.9. The number of carbonyl (C=O) groups excluding carboxylic acids is 1. The fraction of sp³-hybridized carbons (Fsp3) is 0.781. The molecule has 0 saturated carbocycles. The van der Waals surface area contributed by atoms with Gasteiger partial charge in [-0.05, 0) is 39.3 Å². The first-order valence-electron chi connectivity index (χ1n) is 14.8. The van der Waals surface area contributed by atoms with Gasteiger partial charge in [-0.1, -0.05) is 101 Å². The highest BCUT2D eigenvalue weighted by atomic mass is 28.4. The standard InChI is InChI=1S/C17H30O3Si.C15H28O3Si/c1-9-17(20-16(8)18)11-10-12-19-21(13(2)3,14(4)5)15(6)7;1-8-13(16)15-14(18-15)9-17-19(10(2)3,11(4)5)12(6)7/h1,10-11,13-15,17H,12H2,2-8H3;1,10-16H,9H2,2-7H3/b11-10+;/t17-;13-,14-,15?/m00/s1. The molecule has 0 aromatic rings. The predicted octanol–water partition coefficient (Wildman–Crippen LogP) is 7.24. The van der Waals surface area contributed by atoms with Gasteiger partial charge in [-0.25, -0.2) is 0 Å². The normalized spacial score (nSPS) is 19.1. The van der Waals surface area contributed by atoms with E-state index < -0.39 is 28.8 Å². The molecule has 40 heavy (non-hydrogen) atoms. The van der Waals surface area contributed by atoms with Gasteiger partial charge < -0.3 is 23.4 Å². The van der Waals surface area contributed by atoms with Crippen molar-refractivity contribution >= 4 is 22.6 Å². The van der Waals surface area contributed by atoms with E-state index in [0.29, 0.717) is 46.5 Å². The predicted molar refractivity (Wildman–Crippen MR) is 171 cm³/mol. The van der Waals surface area contributed by atoms with Crippen LogP contribution in [0.2, 0.25) is 33.2 Å². The van der Waals surface area contributed by atoms with E-state index in [1.807, 2.05) is 6.08 Å². The number of esters is 1. The highest BCUT2D eigenvalue weighted by molar-refractivity contribution is 6.78. The quantitative estimate of drug-likeness (QED) is 0.0708. The molecule has 1 N–H and O–H groups in total. The first-order chi connectivity index (χ1) is 18.4. The van der Waals surface area contributed by atoms with Crippen LogP contribution in [0, 0.1) is 24.7 Å². The molecule has 0 spiro atoms. The Hall–Kier alpha value is -1.40. The zero-order chi connectivity index (χ0) is 31.4. The minimum absolute atomic E-state index is 0.0332. The van der Waals surface area contributed by atoms with Crippen molar-refractivity contribution in [3.05, 3.63) is 12.2 Å². The summed E-state index contributed by atoms with van der Waals surface area (Å²) in [5.41, 5.74) is 3.31. The Labute approximate surface area is 248 Å². The third kappa shape index (κ3) is 10.5. The molecule has 0 amide bonds. The molecule has 6 nitrogen and oxygen atoms in total. The van der Waals surface area contributed by atoms with Crippen molar-refractivity contribution in [1.82, 2.24) is 0 Å². The number of aliphatic hydroxyl groups is 1. The maximum absolute atomic E-state index is 10.9. The molecule has 1 fully saturated rings. The molecule has 0 bridgehead atoms. The number of hydrogen-bond donors (Lipinski definition) is 1. The Morgan fingerprint density at radius 3 is 1.60 bits per heavy atom. The van der Waals surface area contributed by atoms with E-state index in [9.17, 15) is 9.90 Å². The summed E-state index contributed by atoms with van der Waals surface area (Å²) in [6.45, 7) is 29.5. The van der Waals surface area contributed by atoms with Crippen LogP contribution < -0.4 is 0 Å². The number of rotatable bonds is 15. The second kappa shape index (κ2) is 17.5. The number of terminal acetylenes is 2. The molecule has 0 aromatic carbocycles. The van der Waals surface area contributed by atoms with Gasteiger partial charge in [0.1, 0.15) is 18.3 Å². The van der Waals surface area contributed by atoms with Crippen molar-refractivity contribution in [2.24, 2.45) is 0 Å². The fourth-order valence-electron chi connectivity index (χ4n) is 6.57. The molecule has 4 atom stereocenters. The van der Waals surface area contributed by atoms with Gasteiger partial charge >= 0.3 is 5.97 Å². The van der Waals surface area contributed by atoms with Gasteiger partial charge in [0, 0.05) is 6.92 Å². The average Bonchev–Trinajstić information content (AvgIpc) is 3.61. The van der Waals surface area contributed by atoms with E-state index in [1.54, 1.807) is 6.08 Å². The minimum atomic E-state index is -1.85. The lowest BCUT2D eigenvalue weighted by Gasteiger charge is -2.42. The van der Waals surface area contributed by atoms with Crippen molar-refractivity contribution in [3.8, 4) is 24.7 Å². The third-order valence-electron chi connectivity index (χ3n) is 8.21. The summed E-state index contributed by atoms with van der Waals surface area (Å²) in [6.07, 6.45) is 12.4. The lowest BCUT2D eigenvalue weighted by molar-refractivity contribution is -0.142. The van der Waals surface area contributed by atoms with Crippen LogP contribution in [0.1, 0.15) is 90.0 Å². The van der Waals surface area contributed by atoms with Crippen LogP contribution in [0.3, 0.4) is 0 Å². The summed E-state index contributed by atoms with van der Waals surface area (Å²) >= 11 is 0. The Balaban J connectivity index is 0.000000763. The summed E-state index contributed by atoms with van der Waals surface area (Å²) in [5, 5.41) is 9.52. The van der Waals surface area contributed by atoms with Crippen molar-refractivity contribution < 1.29 is 28.2 Å². The van der Waals surface area contributed by atoms with Crippen LogP contribution >= 0.6 is 0 Å². The number of ether oxygens (including phenoxy) is 2. The van der Waals surface area contributed by atoms with E-state index in [-0.39, 0.29) is 18.2 Å². The van der Waals surface area contributed by atoms with Crippen LogP contribution in [0.5, 0.6) is 0 Å². The molecular formula is C32H58O6Si2. The molecule has 1 rings (SSSR count). The monoisotopic (exact) mass is 594 g/mol. The Kier molecular flexibility index (Phi) is 16.9.